The van der Waals surface area contributed by atoms with E-state index >= 15 is 0 Å². The van der Waals surface area contributed by atoms with Gasteiger partial charge in [-0.3, -0.25) is 4.84 Å². The molecule has 2 N–H and O–H groups in total. The summed E-state index contributed by atoms with van der Waals surface area (Å²) in [5, 5.41) is 14.1. The van der Waals surface area contributed by atoms with E-state index in [2.05, 4.69) is 11.9 Å². The second-order valence-electron chi connectivity index (χ2n) is 6.97. The van der Waals surface area contributed by atoms with Crippen LogP contribution in [-0.4, -0.2) is 43.0 Å². The van der Waals surface area contributed by atoms with Gasteiger partial charge in [0.25, 0.3) is 6.61 Å². The molecule has 0 saturated heterocycles. The highest BCUT2D eigenvalue weighted by Crippen LogP contribution is 2.36. The highest BCUT2D eigenvalue weighted by atomic mass is 16.7. The second-order valence-corrected chi connectivity index (χ2v) is 6.97. The number of aryl methyl sites for hydroxylation is 2. The lowest BCUT2D eigenvalue weighted by atomic mass is 9.97. The quantitative estimate of drug-likeness (QED) is 0.298. The summed E-state index contributed by atoms with van der Waals surface area (Å²) in [6, 6.07) is 7.30. The molecule has 0 radical (unpaired) electrons. The number of phenols is 1. The molecule has 0 fully saturated rings. The number of phenolic OH excluding ortho intramolecular Hbond substituents is 1. The fourth-order valence-corrected chi connectivity index (χ4v) is 3.71. The van der Waals surface area contributed by atoms with Crippen molar-refractivity contribution in [2.45, 2.75) is 13.8 Å². The van der Waals surface area contributed by atoms with Gasteiger partial charge in [0.05, 0.1) is 17.5 Å². The number of rotatable bonds is 6. The van der Waals surface area contributed by atoms with Crippen LogP contribution in [0.5, 0.6) is 5.75 Å². The fraction of sp³-hybridized carbons (Fsp3) is 0.273. The summed E-state index contributed by atoms with van der Waals surface area (Å²) in [6.07, 6.45) is 3.64. The van der Waals surface area contributed by atoms with E-state index in [1.165, 1.54) is 4.73 Å². The number of hydrogen-bond donors (Lipinski definition) is 2. The molecule has 0 aliphatic carbocycles. The summed E-state index contributed by atoms with van der Waals surface area (Å²) in [4.78, 5) is 20.8. The van der Waals surface area contributed by atoms with Crippen LogP contribution in [0.25, 0.3) is 32.6 Å². The molecule has 0 aliphatic heterocycles. The van der Waals surface area contributed by atoms with Crippen LogP contribution in [-0.2, 0) is 14.3 Å². The minimum Gasteiger partial charge on any atom is -0.508 e. The Balaban J connectivity index is 1.73. The van der Waals surface area contributed by atoms with Crippen LogP contribution in [0.1, 0.15) is 11.1 Å². The van der Waals surface area contributed by atoms with E-state index < -0.39 is 5.97 Å². The van der Waals surface area contributed by atoms with Crippen molar-refractivity contribution in [3.8, 4) is 5.75 Å². The summed E-state index contributed by atoms with van der Waals surface area (Å²) in [5.41, 5.74) is 4.21. The van der Waals surface area contributed by atoms with Gasteiger partial charge in [0.15, 0.2) is 0 Å². The van der Waals surface area contributed by atoms with Crippen LogP contribution in [0, 0.1) is 13.8 Å². The maximum absolute atomic E-state index is 11.8. The van der Waals surface area contributed by atoms with Crippen LogP contribution in [0.2, 0.25) is 0 Å². The topological polar surface area (TPSA) is 84.7 Å². The minimum atomic E-state index is -0.454. The predicted octanol–water partition coefficient (Wildman–Crippen LogP) is 2.70. The molecular formula is C22H23N2O5+. The van der Waals surface area contributed by atoms with Crippen LogP contribution in [0.15, 0.2) is 36.7 Å². The van der Waals surface area contributed by atoms with Crippen LogP contribution in [0.3, 0.4) is 0 Å². The third kappa shape index (κ3) is 3.45. The number of aromatic amines is 1. The first-order valence-electron chi connectivity index (χ1n) is 9.36. The van der Waals surface area contributed by atoms with E-state index in [-0.39, 0.29) is 19.0 Å². The van der Waals surface area contributed by atoms with E-state index in [0.29, 0.717) is 6.61 Å². The molecular weight excluding hydrogens is 372 g/mol. The molecule has 0 saturated carbocycles. The number of nitrogens with one attached hydrogen (secondary N) is 1. The third-order valence-corrected chi connectivity index (χ3v) is 5.16. The zero-order chi connectivity index (χ0) is 20.5. The number of carbonyl (C=O) groups excluding carboxylic acids is 1. The zero-order valence-electron chi connectivity index (χ0n) is 16.6. The van der Waals surface area contributed by atoms with Crippen molar-refractivity contribution in [3.05, 3.63) is 47.8 Å². The summed E-state index contributed by atoms with van der Waals surface area (Å²) in [7, 11) is 1.55. The number of esters is 1. The second kappa shape index (κ2) is 7.60. The molecule has 150 valence electrons. The number of benzene rings is 2. The molecule has 0 atom stereocenters. The molecule has 2 aromatic carbocycles. The number of ether oxygens (including phenoxy) is 2. The molecule has 2 aromatic heterocycles. The van der Waals surface area contributed by atoms with Crippen molar-refractivity contribution in [2.24, 2.45) is 0 Å². The van der Waals surface area contributed by atoms with Gasteiger partial charge in [0.1, 0.15) is 12.4 Å². The normalized spacial score (nSPS) is 11.4. The number of pyridine rings is 1. The maximum atomic E-state index is 11.8. The number of aromatic hydroxyl groups is 1. The van der Waals surface area contributed by atoms with Crippen LogP contribution < -0.4 is 9.57 Å². The summed E-state index contributed by atoms with van der Waals surface area (Å²) >= 11 is 0. The smallest absolute Gasteiger partial charge is 0.351 e. The lowest BCUT2D eigenvalue weighted by Crippen LogP contribution is -2.44. The van der Waals surface area contributed by atoms with Crippen molar-refractivity contribution in [2.75, 3.05) is 26.9 Å². The number of carbonyl (C=O) groups is 1. The van der Waals surface area contributed by atoms with E-state index in [1.54, 1.807) is 25.4 Å². The van der Waals surface area contributed by atoms with E-state index in [9.17, 15) is 9.90 Å². The first-order valence-corrected chi connectivity index (χ1v) is 9.36. The zero-order valence-corrected chi connectivity index (χ0v) is 16.6. The molecule has 7 heteroatoms. The number of nitrogens with zero attached hydrogens (tertiary/aromatic N) is 1. The molecule has 4 aromatic rings. The number of fused-ring (bicyclic) bond motifs is 4. The molecule has 0 aliphatic rings. The number of H-pyrrole nitrogens is 1. The average molecular weight is 395 g/mol. The molecule has 7 nitrogen and oxygen atoms in total. The fourth-order valence-electron chi connectivity index (χ4n) is 3.71. The van der Waals surface area contributed by atoms with Gasteiger partial charge in [-0.2, -0.15) is 0 Å². The van der Waals surface area contributed by atoms with Crippen LogP contribution >= 0.6 is 0 Å². The number of methoxy groups -OCH3 is 1. The molecule has 0 bridgehead atoms. The SMILES string of the molecule is COCCOC(=O)CO[n+]1ccc2c(C)c3[nH]c4ccc(O)cc4c3c(C)c2c1. The van der Waals surface area contributed by atoms with Gasteiger partial charge in [-0.15, -0.1) is 0 Å². The third-order valence-electron chi connectivity index (χ3n) is 5.16. The van der Waals surface area contributed by atoms with Crippen molar-refractivity contribution in [3.63, 3.8) is 0 Å². The average Bonchev–Trinajstić information content (AvgIpc) is 3.09. The molecule has 0 unspecified atom stereocenters. The first-order chi connectivity index (χ1) is 14.0. The number of hydrogen-bond acceptors (Lipinski definition) is 5. The summed E-state index contributed by atoms with van der Waals surface area (Å²) < 4.78 is 11.4. The predicted molar refractivity (Wildman–Crippen MR) is 109 cm³/mol. The molecule has 2 heterocycles. The van der Waals surface area contributed by atoms with Crippen molar-refractivity contribution in [1.82, 2.24) is 4.98 Å². The van der Waals surface area contributed by atoms with Gasteiger partial charge in [-0.05, 0) is 48.6 Å². The molecule has 29 heavy (non-hydrogen) atoms. The van der Waals surface area contributed by atoms with Gasteiger partial charge < -0.3 is 19.6 Å². The summed E-state index contributed by atoms with van der Waals surface area (Å²) in [6.45, 7) is 4.47. The Morgan fingerprint density at radius 2 is 1.93 bits per heavy atom. The monoisotopic (exact) mass is 395 g/mol. The van der Waals surface area contributed by atoms with Gasteiger partial charge in [0.2, 0.25) is 12.4 Å². The standard InChI is InChI=1S/C22H22N2O5/c1-13-18-11-24(29-12-20(26)28-9-8-27-3)7-6-16(18)14(2)22-21(13)17-10-15(25)4-5-19(17)23-22/h4-7,10-11,25H,8-9,12H2,1-3H3/p+1. The van der Waals surface area contributed by atoms with Gasteiger partial charge in [-0.1, -0.05) is 0 Å². The highest BCUT2D eigenvalue weighted by molar-refractivity contribution is 6.16. The van der Waals surface area contributed by atoms with Crippen LogP contribution in [0.4, 0.5) is 0 Å². The van der Waals surface area contributed by atoms with Gasteiger partial charge in [0, 0.05) is 34.2 Å². The van der Waals surface area contributed by atoms with Crippen molar-refractivity contribution < 1.29 is 28.9 Å². The van der Waals surface area contributed by atoms with Gasteiger partial charge in [-0.25, -0.2) is 4.79 Å². The van der Waals surface area contributed by atoms with E-state index in [1.807, 2.05) is 25.3 Å². The Bertz CT molecular complexity index is 1230. The first kappa shape index (κ1) is 19.0. The van der Waals surface area contributed by atoms with Crippen molar-refractivity contribution >= 4 is 38.5 Å². The molecule has 0 spiro atoms. The molecule has 0 amide bonds. The van der Waals surface area contributed by atoms with Gasteiger partial charge >= 0.3 is 5.97 Å². The largest absolute Gasteiger partial charge is 0.508 e. The number of aromatic nitrogens is 2. The van der Waals surface area contributed by atoms with Crippen molar-refractivity contribution in [1.29, 1.82) is 0 Å². The van der Waals surface area contributed by atoms with E-state index in [4.69, 9.17) is 14.3 Å². The Labute approximate surface area is 167 Å². The Hall–Kier alpha value is -3.32. The lowest BCUT2D eigenvalue weighted by Gasteiger charge is -2.08. The Morgan fingerprint density at radius 1 is 1.10 bits per heavy atom. The molecule has 4 rings (SSSR count). The highest BCUT2D eigenvalue weighted by Gasteiger charge is 2.18. The maximum Gasteiger partial charge on any atom is 0.351 e. The van der Waals surface area contributed by atoms with E-state index in [0.717, 1.165) is 43.7 Å². The minimum absolute atomic E-state index is 0.193. The lowest BCUT2D eigenvalue weighted by molar-refractivity contribution is -0.888. The Morgan fingerprint density at radius 3 is 2.72 bits per heavy atom. The summed E-state index contributed by atoms with van der Waals surface area (Å²) in [5.74, 6) is -0.223. The Kier molecular flexibility index (Phi) is 4.98.